The van der Waals surface area contributed by atoms with E-state index < -0.39 is 0 Å². The summed E-state index contributed by atoms with van der Waals surface area (Å²) in [6.45, 7) is 3.54. The third-order valence-corrected chi connectivity index (χ3v) is 4.99. The van der Waals surface area contributed by atoms with Gasteiger partial charge < -0.3 is 4.90 Å². The van der Waals surface area contributed by atoms with Crippen LogP contribution in [0.25, 0.3) is 0 Å². The molecule has 1 amide bonds. The topological polar surface area (TPSA) is 20.3 Å². The third-order valence-electron chi connectivity index (χ3n) is 3.59. The predicted molar refractivity (Wildman–Crippen MR) is 82.5 cm³/mol. The molecule has 1 heterocycles. The summed E-state index contributed by atoms with van der Waals surface area (Å²) in [5.41, 5.74) is 1.41. The number of carbonyl (C=O) groups is 1. The van der Waals surface area contributed by atoms with Gasteiger partial charge >= 0.3 is 0 Å². The van der Waals surface area contributed by atoms with Crippen LogP contribution in [0.3, 0.4) is 0 Å². The summed E-state index contributed by atoms with van der Waals surface area (Å²) in [6, 6.07) is 2.13. The number of halogens is 1. The first-order valence-electron chi connectivity index (χ1n) is 7.23. The lowest BCUT2D eigenvalue weighted by Crippen LogP contribution is -2.32. The largest absolute Gasteiger partial charge is 0.337 e. The van der Waals surface area contributed by atoms with E-state index in [9.17, 15) is 4.79 Å². The van der Waals surface area contributed by atoms with Crippen LogP contribution < -0.4 is 0 Å². The second kappa shape index (κ2) is 7.30. The van der Waals surface area contributed by atoms with Gasteiger partial charge in [-0.25, -0.2) is 0 Å². The van der Waals surface area contributed by atoms with Crippen molar-refractivity contribution in [3.05, 3.63) is 21.4 Å². The lowest BCUT2D eigenvalue weighted by molar-refractivity contribution is 0.0770. The van der Waals surface area contributed by atoms with Gasteiger partial charge in [-0.1, -0.05) is 13.3 Å². The molecule has 0 N–H and O–H groups in total. The van der Waals surface area contributed by atoms with E-state index in [-0.39, 0.29) is 5.91 Å². The van der Waals surface area contributed by atoms with Crippen molar-refractivity contribution >= 4 is 28.8 Å². The summed E-state index contributed by atoms with van der Waals surface area (Å²) in [4.78, 5) is 16.7. The Morgan fingerprint density at radius 3 is 2.84 bits per heavy atom. The zero-order valence-corrected chi connectivity index (χ0v) is 13.2. The molecular formula is C15H22ClNOS. The van der Waals surface area contributed by atoms with Crippen LogP contribution in [0.1, 0.15) is 52.7 Å². The number of aryl methyl sites for hydroxylation is 2. The van der Waals surface area contributed by atoms with Crippen LogP contribution in [-0.2, 0) is 12.8 Å². The van der Waals surface area contributed by atoms with Gasteiger partial charge in [-0.3, -0.25) is 4.79 Å². The van der Waals surface area contributed by atoms with Crippen molar-refractivity contribution in [1.29, 1.82) is 0 Å². The minimum absolute atomic E-state index is 0.167. The van der Waals surface area contributed by atoms with Crippen molar-refractivity contribution in [2.75, 3.05) is 19.0 Å². The molecule has 1 aromatic heterocycles. The number of thiophene rings is 1. The van der Waals surface area contributed by atoms with Crippen molar-refractivity contribution in [2.24, 2.45) is 0 Å². The fourth-order valence-corrected chi connectivity index (χ4v) is 4.04. The molecule has 0 spiro atoms. The Kier molecular flexibility index (Phi) is 5.71. The van der Waals surface area contributed by atoms with Crippen LogP contribution in [0.2, 0.25) is 0 Å². The Morgan fingerprint density at radius 2 is 2.11 bits per heavy atom. The SMILES string of the molecule is CCCN(CCCl)C(=O)c1cc2c(s1)CCCCC2. The second-order valence-corrected chi connectivity index (χ2v) is 6.62. The molecule has 0 saturated carbocycles. The van der Waals surface area contributed by atoms with E-state index in [0.29, 0.717) is 12.4 Å². The van der Waals surface area contributed by atoms with Gasteiger partial charge in [0.25, 0.3) is 5.91 Å². The molecule has 0 unspecified atom stereocenters. The molecule has 0 atom stereocenters. The van der Waals surface area contributed by atoms with Gasteiger partial charge in [0.1, 0.15) is 0 Å². The van der Waals surface area contributed by atoms with Gasteiger partial charge in [-0.15, -0.1) is 22.9 Å². The molecule has 0 aromatic carbocycles. The van der Waals surface area contributed by atoms with Gasteiger partial charge in [0, 0.05) is 23.8 Å². The first-order chi connectivity index (χ1) is 9.26. The van der Waals surface area contributed by atoms with E-state index in [0.717, 1.165) is 30.7 Å². The average Bonchev–Trinajstić information content (AvgIpc) is 2.69. The highest BCUT2D eigenvalue weighted by Gasteiger charge is 2.20. The van der Waals surface area contributed by atoms with E-state index in [4.69, 9.17) is 11.6 Å². The Morgan fingerprint density at radius 1 is 1.32 bits per heavy atom. The lowest BCUT2D eigenvalue weighted by Gasteiger charge is -2.20. The Labute approximate surface area is 124 Å². The van der Waals surface area contributed by atoms with Crippen molar-refractivity contribution in [1.82, 2.24) is 4.90 Å². The summed E-state index contributed by atoms with van der Waals surface area (Å²) < 4.78 is 0. The maximum Gasteiger partial charge on any atom is 0.263 e. The van der Waals surface area contributed by atoms with Crippen molar-refractivity contribution < 1.29 is 4.79 Å². The van der Waals surface area contributed by atoms with E-state index >= 15 is 0 Å². The van der Waals surface area contributed by atoms with Gasteiger partial charge in [-0.05, 0) is 43.7 Å². The maximum atomic E-state index is 12.5. The van der Waals surface area contributed by atoms with Crippen LogP contribution in [-0.4, -0.2) is 29.8 Å². The molecule has 0 radical (unpaired) electrons. The average molecular weight is 300 g/mol. The van der Waals surface area contributed by atoms with E-state index in [1.165, 1.54) is 29.7 Å². The molecule has 0 bridgehead atoms. The van der Waals surface area contributed by atoms with Crippen LogP contribution in [0.4, 0.5) is 0 Å². The number of carbonyl (C=O) groups excluding carboxylic acids is 1. The van der Waals surface area contributed by atoms with Crippen LogP contribution in [0.15, 0.2) is 6.07 Å². The molecule has 106 valence electrons. The number of fused-ring (bicyclic) bond motifs is 1. The normalized spacial score (nSPS) is 14.8. The first kappa shape index (κ1) is 14.9. The van der Waals surface area contributed by atoms with Crippen LogP contribution in [0, 0.1) is 0 Å². The molecule has 19 heavy (non-hydrogen) atoms. The molecule has 1 aliphatic carbocycles. The highest BCUT2D eigenvalue weighted by molar-refractivity contribution is 7.14. The molecule has 1 aromatic rings. The summed E-state index contributed by atoms with van der Waals surface area (Å²) in [5, 5.41) is 0. The Bertz CT molecular complexity index is 400. The minimum atomic E-state index is 0.167. The predicted octanol–water partition coefficient (Wildman–Crippen LogP) is 4.11. The highest BCUT2D eigenvalue weighted by atomic mass is 35.5. The first-order valence-corrected chi connectivity index (χ1v) is 8.58. The standard InChI is InChI=1S/C15H22ClNOS/c1-2-9-17(10-8-16)15(18)14-11-12-6-4-3-5-7-13(12)19-14/h11H,2-10H2,1H3. The number of amides is 1. The van der Waals surface area contributed by atoms with E-state index in [1.807, 2.05) is 4.90 Å². The smallest absolute Gasteiger partial charge is 0.263 e. The number of hydrogen-bond donors (Lipinski definition) is 0. The Balaban J connectivity index is 2.14. The summed E-state index contributed by atoms with van der Waals surface area (Å²) in [7, 11) is 0. The fraction of sp³-hybridized carbons (Fsp3) is 0.667. The molecule has 2 nitrogen and oxygen atoms in total. The fourth-order valence-electron chi connectivity index (χ4n) is 2.62. The molecular weight excluding hydrogens is 278 g/mol. The van der Waals surface area contributed by atoms with E-state index in [2.05, 4.69) is 13.0 Å². The van der Waals surface area contributed by atoms with Gasteiger partial charge in [0.05, 0.1) is 4.88 Å². The van der Waals surface area contributed by atoms with Crippen molar-refractivity contribution in [3.63, 3.8) is 0 Å². The number of nitrogens with zero attached hydrogens (tertiary/aromatic N) is 1. The second-order valence-electron chi connectivity index (χ2n) is 5.10. The summed E-state index contributed by atoms with van der Waals surface area (Å²) in [6.07, 6.45) is 7.12. The molecule has 2 rings (SSSR count). The van der Waals surface area contributed by atoms with Crippen LogP contribution in [0.5, 0.6) is 0 Å². The molecule has 0 aliphatic heterocycles. The van der Waals surface area contributed by atoms with Gasteiger partial charge in [-0.2, -0.15) is 0 Å². The van der Waals surface area contributed by atoms with Crippen molar-refractivity contribution in [3.8, 4) is 0 Å². The zero-order chi connectivity index (χ0) is 13.7. The summed E-state index contributed by atoms with van der Waals surface area (Å²) >= 11 is 7.50. The number of hydrogen-bond acceptors (Lipinski definition) is 2. The maximum absolute atomic E-state index is 12.5. The van der Waals surface area contributed by atoms with Gasteiger partial charge in [0.15, 0.2) is 0 Å². The van der Waals surface area contributed by atoms with Gasteiger partial charge in [0.2, 0.25) is 0 Å². The summed E-state index contributed by atoms with van der Waals surface area (Å²) in [5.74, 6) is 0.678. The molecule has 0 fully saturated rings. The minimum Gasteiger partial charge on any atom is -0.337 e. The van der Waals surface area contributed by atoms with E-state index in [1.54, 1.807) is 11.3 Å². The highest BCUT2D eigenvalue weighted by Crippen LogP contribution is 2.29. The lowest BCUT2D eigenvalue weighted by atomic mass is 10.1. The number of alkyl halides is 1. The quantitative estimate of drug-likeness (QED) is 0.592. The zero-order valence-electron chi connectivity index (χ0n) is 11.6. The molecule has 4 heteroatoms. The van der Waals surface area contributed by atoms with Crippen molar-refractivity contribution in [2.45, 2.75) is 45.4 Å². The molecule has 0 saturated heterocycles. The molecule has 1 aliphatic rings. The third kappa shape index (κ3) is 3.73. The Hall–Kier alpha value is -0.540. The number of rotatable bonds is 5. The monoisotopic (exact) mass is 299 g/mol. The van der Waals surface area contributed by atoms with Crippen LogP contribution >= 0.6 is 22.9 Å².